The molecule has 1 aromatic carbocycles. The van der Waals surface area contributed by atoms with Gasteiger partial charge in [0.2, 0.25) is 5.91 Å². The van der Waals surface area contributed by atoms with Crippen molar-refractivity contribution in [2.75, 3.05) is 20.8 Å². The van der Waals surface area contributed by atoms with Gasteiger partial charge in [-0.05, 0) is 30.5 Å². The van der Waals surface area contributed by atoms with Crippen LogP contribution < -0.4 is 9.47 Å². The number of rotatable bonds is 7. The summed E-state index contributed by atoms with van der Waals surface area (Å²) in [5, 5.41) is 9.04. The lowest BCUT2D eigenvalue weighted by atomic mass is 9.84. The monoisotopic (exact) mass is 307 g/mol. The van der Waals surface area contributed by atoms with Crippen LogP contribution in [0.15, 0.2) is 18.2 Å². The van der Waals surface area contributed by atoms with Gasteiger partial charge in [-0.3, -0.25) is 9.59 Å². The molecule has 6 heteroatoms. The van der Waals surface area contributed by atoms with Crippen LogP contribution in [-0.2, 0) is 16.1 Å². The zero-order valence-corrected chi connectivity index (χ0v) is 12.9. The maximum atomic E-state index is 12.4. The lowest BCUT2D eigenvalue weighted by molar-refractivity contribution is -0.148. The SMILES string of the molecule is COc1cc(CN(CC(=O)O)C(=O)C2CCC2)cc(OC)c1. The van der Waals surface area contributed by atoms with Crippen LogP contribution >= 0.6 is 0 Å². The Labute approximate surface area is 129 Å². The number of carbonyl (C=O) groups excluding carboxylic acids is 1. The van der Waals surface area contributed by atoms with E-state index in [-0.39, 0.29) is 24.9 Å². The molecule has 2 rings (SSSR count). The van der Waals surface area contributed by atoms with Gasteiger partial charge in [0, 0.05) is 18.5 Å². The molecule has 0 bridgehead atoms. The molecule has 0 spiro atoms. The maximum absolute atomic E-state index is 12.4. The van der Waals surface area contributed by atoms with E-state index in [0.717, 1.165) is 24.8 Å². The van der Waals surface area contributed by atoms with Crippen LogP contribution in [0.2, 0.25) is 0 Å². The summed E-state index contributed by atoms with van der Waals surface area (Å²) in [6.45, 7) is -0.0654. The molecule has 6 nitrogen and oxygen atoms in total. The molecular weight excluding hydrogens is 286 g/mol. The molecule has 0 aliphatic heterocycles. The van der Waals surface area contributed by atoms with Crippen molar-refractivity contribution in [1.82, 2.24) is 4.90 Å². The van der Waals surface area contributed by atoms with Crippen molar-refractivity contribution in [1.29, 1.82) is 0 Å². The van der Waals surface area contributed by atoms with Crippen LogP contribution in [0.25, 0.3) is 0 Å². The average Bonchev–Trinajstić information content (AvgIpc) is 2.43. The Balaban J connectivity index is 2.18. The van der Waals surface area contributed by atoms with Crippen molar-refractivity contribution < 1.29 is 24.2 Å². The van der Waals surface area contributed by atoms with E-state index in [1.807, 2.05) is 0 Å². The zero-order chi connectivity index (χ0) is 16.1. The second-order valence-corrected chi connectivity index (χ2v) is 5.44. The van der Waals surface area contributed by atoms with Gasteiger partial charge in [-0.2, -0.15) is 0 Å². The topological polar surface area (TPSA) is 76.1 Å². The first-order valence-corrected chi connectivity index (χ1v) is 7.26. The molecule has 0 radical (unpaired) electrons. The summed E-state index contributed by atoms with van der Waals surface area (Å²) in [5.41, 5.74) is 0.783. The number of aliphatic carboxylic acids is 1. The van der Waals surface area contributed by atoms with Gasteiger partial charge >= 0.3 is 5.97 Å². The predicted octanol–water partition coefficient (Wildman–Crippen LogP) is 1.92. The highest BCUT2D eigenvalue weighted by Gasteiger charge is 2.30. The summed E-state index contributed by atoms with van der Waals surface area (Å²) in [6, 6.07) is 5.30. The predicted molar refractivity (Wildman–Crippen MR) is 79.9 cm³/mol. The lowest BCUT2D eigenvalue weighted by Crippen LogP contribution is -2.41. The Morgan fingerprint density at radius 1 is 1.18 bits per heavy atom. The number of benzene rings is 1. The van der Waals surface area contributed by atoms with E-state index in [1.54, 1.807) is 32.4 Å². The molecule has 0 heterocycles. The molecule has 1 fully saturated rings. The Kier molecular flexibility index (Phi) is 5.25. The van der Waals surface area contributed by atoms with Crippen molar-refractivity contribution in [2.45, 2.75) is 25.8 Å². The molecule has 1 saturated carbocycles. The van der Waals surface area contributed by atoms with Crippen LogP contribution in [0, 0.1) is 5.92 Å². The molecule has 0 atom stereocenters. The first-order chi connectivity index (χ1) is 10.5. The van der Waals surface area contributed by atoms with Crippen molar-refractivity contribution in [2.24, 2.45) is 5.92 Å². The van der Waals surface area contributed by atoms with Crippen LogP contribution in [0.5, 0.6) is 11.5 Å². The number of hydrogen-bond acceptors (Lipinski definition) is 4. The molecule has 1 N–H and O–H groups in total. The van der Waals surface area contributed by atoms with Crippen molar-refractivity contribution >= 4 is 11.9 Å². The molecular formula is C16H21NO5. The Morgan fingerprint density at radius 2 is 1.77 bits per heavy atom. The summed E-state index contributed by atoms with van der Waals surface area (Å²) in [7, 11) is 3.10. The first kappa shape index (κ1) is 16.1. The highest BCUT2D eigenvalue weighted by Crippen LogP contribution is 2.29. The second kappa shape index (κ2) is 7.15. The second-order valence-electron chi connectivity index (χ2n) is 5.44. The highest BCUT2D eigenvalue weighted by molar-refractivity contribution is 5.83. The quantitative estimate of drug-likeness (QED) is 0.833. The van der Waals surface area contributed by atoms with E-state index in [1.165, 1.54) is 4.90 Å². The third-order valence-electron chi connectivity index (χ3n) is 3.88. The van der Waals surface area contributed by atoms with E-state index in [0.29, 0.717) is 11.5 Å². The van der Waals surface area contributed by atoms with Crippen LogP contribution in [0.4, 0.5) is 0 Å². The normalized spacial score (nSPS) is 14.1. The Morgan fingerprint density at radius 3 is 2.18 bits per heavy atom. The highest BCUT2D eigenvalue weighted by atomic mass is 16.5. The minimum atomic E-state index is -1.01. The summed E-state index contributed by atoms with van der Waals surface area (Å²) in [5.74, 6) is 0.0891. The van der Waals surface area contributed by atoms with E-state index < -0.39 is 5.97 Å². The molecule has 0 saturated heterocycles. The van der Waals surface area contributed by atoms with Gasteiger partial charge in [0.1, 0.15) is 18.0 Å². The third-order valence-corrected chi connectivity index (χ3v) is 3.88. The van der Waals surface area contributed by atoms with Gasteiger partial charge in [-0.15, -0.1) is 0 Å². The Hall–Kier alpha value is -2.24. The fourth-order valence-electron chi connectivity index (χ4n) is 2.47. The van der Waals surface area contributed by atoms with Crippen molar-refractivity contribution in [3.05, 3.63) is 23.8 Å². The molecule has 1 aliphatic carbocycles. The lowest BCUT2D eigenvalue weighted by Gasteiger charge is -2.31. The number of carbonyl (C=O) groups is 2. The van der Waals surface area contributed by atoms with Gasteiger partial charge in [-0.25, -0.2) is 0 Å². The first-order valence-electron chi connectivity index (χ1n) is 7.26. The van der Waals surface area contributed by atoms with E-state index in [4.69, 9.17) is 14.6 Å². The van der Waals surface area contributed by atoms with Crippen LogP contribution in [0.3, 0.4) is 0 Å². The minimum Gasteiger partial charge on any atom is -0.497 e. The third kappa shape index (κ3) is 3.90. The van der Waals surface area contributed by atoms with E-state index >= 15 is 0 Å². The number of nitrogens with zero attached hydrogens (tertiary/aromatic N) is 1. The van der Waals surface area contributed by atoms with Crippen molar-refractivity contribution in [3.8, 4) is 11.5 Å². The fraction of sp³-hybridized carbons (Fsp3) is 0.500. The van der Waals surface area contributed by atoms with E-state index in [2.05, 4.69) is 0 Å². The molecule has 120 valence electrons. The molecule has 22 heavy (non-hydrogen) atoms. The molecule has 0 aromatic heterocycles. The molecule has 1 aromatic rings. The van der Waals surface area contributed by atoms with E-state index in [9.17, 15) is 9.59 Å². The van der Waals surface area contributed by atoms with Crippen LogP contribution in [0.1, 0.15) is 24.8 Å². The number of carboxylic acids is 1. The Bertz CT molecular complexity index is 531. The largest absolute Gasteiger partial charge is 0.497 e. The number of hydrogen-bond donors (Lipinski definition) is 1. The minimum absolute atomic E-state index is 0.0353. The van der Waals surface area contributed by atoms with Crippen LogP contribution in [-0.4, -0.2) is 42.6 Å². The average molecular weight is 307 g/mol. The van der Waals surface area contributed by atoms with Gasteiger partial charge in [0.15, 0.2) is 0 Å². The summed E-state index contributed by atoms with van der Waals surface area (Å²) >= 11 is 0. The van der Waals surface area contributed by atoms with Gasteiger partial charge in [0.25, 0.3) is 0 Å². The number of carboxylic acid groups (broad SMARTS) is 1. The smallest absolute Gasteiger partial charge is 0.323 e. The fourth-order valence-corrected chi connectivity index (χ4v) is 2.47. The molecule has 1 aliphatic rings. The molecule has 0 unspecified atom stereocenters. The van der Waals surface area contributed by atoms with Crippen molar-refractivity contribution in [3.63, 3.8) is 0 Å². The summed E-state index contributed by atoms with van der Waals surface area (Å²) in [4.78, 5) is 24.8. The zero-order valence-electron chi connectivity index (χ0n) is 12.9. The standard InChI is InChI=1S/C16H21NO5/c1-21-13-6-11(7-14(8-13)22-2)9-17(10-15(18)19)16(20)12-4-3-5-12/h6-8,12H,3-5,9-10H2,1-2H3,(H,18,19). The number of amides is 1. The number of methoxy groups -OCH3 is 2. The van der Waals surface area contributed by atoms with Gasteiger partial charge < -0.3 is 19.5 Å². The summed E-state index contributed by atoms with van der Waals surface area (Å²) < 4.78 is 10.4. The van der Waals surface area contributed by atoms with Gasteiger partial charge in [-0.1, -0.05) is 6.42 Å². The molecule has 1 amide bonds. The number of ether oxygens (including phenoxy) is 2. The summed E-state index contributed by atoms with van der Waals surface area (Å²) in [6.07, 6.45) is 2.72. The maximum Gasteiger partial charge on any atom is 0.323 e. The van der Waals surface area contributed by atoms with Gasteiger partial charge in [0.05, 0.1) is 14.2 Å².